The van der Waals surface area contributed by atoms with Crippen molar-refractivity contribution in [2.24, 2.45) is 0 Å². The number of aromatic amines is 1. The Morgan fingerprint density at radius 1 is 1.31 bits per heavy atom. The number of carbonyl (C=O) groups excluding carboxylic acids is 1. The average molecular weight is 357 g/mol. The lowest BCUT2D eigenvalue weighted by Gasteiger charge is -2.12. The summed E-state index contributed by atoms with van der Waals surface area (Å²) >= 11 is 0. The lowest BCUT2D eigenvalue weighted by atomic mass is 10.1. The third kappa shape index (κ3) is 3.37. The smallest absolute Gasteiger partial charge is 0.277 e. The predicted molar refractivity (Wildman–Crippen MR) is 94.8 cm³/mol. The van der Waals surface area contributed by atoms with E-state index in [0.717, 1.165) is 0 Å². The van der Waals surface area contributed by atoms with Crippen LogP contribution in [0.1, 0.15) is 17.7 Å². The Kier molecular flexibility index (Phi) is 4.87. The molecular formula is C17H19N5O4. The van der Waals surface area contributed by atoms with E-state index in [1.54, 1.807) is 32.2 Å². The molecular weight excluding hydrogens is 338 g/mol. The molecule has 0 atom stereocenters. The van der Waals surface area contributed by atoms with Gasteiger partial charge in [-0.1, -0.05) is 0 Å². The second-order valence-electron chi connectivity index (χ2n) is 5.62. The minimum Gasteiger partial charge on any atom is -0.497 e. The minimum absolute atomic E-state index is 0.123. The Morgan fingerprint density at radius 2 is 2.12 bits per heavy atom. The summed E-state index contributed by atoms with van der Waals surface area (Å²) < 4.78 is 11.7. The fourth-order valence-electron chi connectivity index (χ4n) is 2.65. The first kappa shape index (κ1) is 17.5. The van der Waals surface area contributed by atoms with Crippen molar-refractivity contribution in [2.75, 3.05) is 19.5 Å². The number of nitrogens with one attached hydrogen (secondary N) is 2. The van der Waals surface area contributed by atoms with Gasteiger partial charge in [0.05, 0.1) is 25.6 Å². The maximum Gasteiger partial charge on any atom is 0.277 e. The van der Waals surface area contributed by atoms with E-state index in [-0.39, 0.29) is 24.3 Å². The molecule has 1 aromatic carbocycles. The Morgan fingerprint density at radius 3 is 2.85 bits per heavy atom. The lowest BCUT2D eigenvalue weighted by molar-refractivity contribution is -0.116. The zero-order valence-electron chi connectivity index (χ0n) is 14.7. The second kappa shape index (κ2) is 7.26. The van der Waals surface area contributed by atoms with Gasteiger partial charge in [-0.3, -0.25) is 14.7 Å². The van der Waals surface area contributed by atoms with Crippen LogP contribution in [0.5, 0.6) is 11.5 Å². The van der Waals surface area contributed by atoms with E-state index in [1.807, 2.05) is 0 Å². The van der Waals surface area contributed by atoms with Crippen molar-refractivity contribution >= 4 is 17.4 Å². The Bertz CT molecular complexity index is 1010. The fourth-order valence-corrected chi connectivity index (χ4v) is 2.65. The summed E-state index contributed by atoms with van der Waals surface area (Å²) in [4.78, 5) is 33.0. The molecule has 3 rings (SSSR count). The lowest BCUT2D eigenvalue weighted by Crippen LogP contribution is -2.23. The Labute approximate surface area is 149 Å². The molecule has 0 spiro atoms. The third-order valence-electron chi connectivity index (χ3n) is 4.02. The van der Waals surface area contributed by atoms with Crippen LogP contribution in [0.3, 0.4) is 0 Å². The molecule has 2 N–H and O–H groups in total. The molecule has 9 nitrogen and oxygen atoms in total. The van der Waals surface area contributed by atoms with Crippen LogP contribution < -0.4 is 20.3 Å². The first-order valence-corrected chi connectivity index (χ1v) is 7.97. The number of H-pyrrole nitrogens is 1. The molecule has 0 aliphatic rings. The monoisotopic (exact) mass is 357 g/mol. The molecule has 1 amide bonds. The summed E-state index contributed by atoms with van der Waals surface area (Å²) in [6.45, 7) is 1.73. The largest absolute Gasteiger partial charge is 0.497 e. The number of carbonyl (C=O) groups is 1. The molecule has 3 aromatic rings. The third-order valence-corrected chi connectivity index (χ3v) is 4.02. The van der Waals surface area contributed by atoms with Gasteiger partial charge in [-0.05, 0) is 25.5 Å². The first-order valence-electron chi connectivity index (χ1n) is 7.97. The van der Waals surface area contributed by atoms with Crippen molar-refractivity contribution in [2.45, 2.75) is 19.8 Å². The molecule has 0 saturated heterocycles. The van der Waals surface area contributed by atoms with Crippen molar-refractivity contribution in [3.63, 3.8) is 0 Å². The maximum absolute atomic E-state index is 12.4. The molecule has 2 aromatic heterocycles. The van der Waals surface area contributed by atoms with Gasteiger partial charge in [0, 0.05) is 18.1 Å². The van der Waals surface area contributed by atoms with Gasteiger partial charge in [0.25, 0.3) is 11.3 Å². The van der Waals surface area contributed by atoms with Gasteiger partial charge in [0.2, 0.25) is 5.91 Å². The highest BCUT2D eigenvalue weighted by Crippen LogP contribution is 2.29. The number of nitrogens with zero attached hydrogens (tertiary/aromatic N) is 3. The van der Waals surface area contributed by atoms with Gasteiger partial charge in [-0.15, -0.1) is 0 Å². The molecule has 26 heavy (non-hydrogen) atoms. The van der Waals surface area contributed by atoms with Crippen molar-refractivity contribution in [3.8, 4) is 11.5 Å². The van der Waals surface area contributed by atoms with Crippen molar-refractivity contribution in [1.29, 1.82) is 0 Å². The maximum atomic E-state index is 12.4. The second-order valence-corrected chi connectivity index (χ2v) is 5.62. The molecule has 2 heterocycles. The van der Waals surface area contributed by atoms with Gasteiger partial charge < -0.3 is 14.8 Å². The number of amides is 1. The van der Waals surface area contributed by atoms with E-state index in [2.05, 4.69) is 20.4 Å². The van der Waals surface area contributed by atoms with E-state index in [4.69, 9.17) is 9.47 Å². The van der Waals surface area contributed by atoms with Gasteiger partial charge in [-0.25, -0.2) is 9.97 Å². The van der Waals surface area contributed by atoms with Crippen molar-refractivity contribution in [3.05, 3.63) is 46.1 Å². The van der Waals surface area contributed by atoms with Crippen LogP contribution in [0.4, 0.5) is 5.69 Å². The quantitative estimate of drug-likeness (QED) is 0.688. The highest BCUT2D eigenvalue weighted by molar-refractivity contribution is 5.92. The standard InChI is InChI=1S/C17H19N5O4/c1-10-12(16(24)22-17(20-10)18-9-19-22)5-7-15(23)21-13-8-11(25-2)4-6-14(13)26-3/h4,6,8-9H,5,7H2,1-3H3,(H,21,23)(H,18,19,20). The van der Waals surface area contributed by atoms with Crippen molar-refractivity contribution in [1.82, 2.24) is 19.6 Å². The highest BCUT2D eigenvalue weighted by Gasteiger charge is 2.14. The number of benzene rings is 1. The molecule has 0 aliphatic carbocycles. The van der Waals surface area contributed by atoms with Gasteiger partial charge in [0.1, 0.15) is 17.8 Å². The van der Waals surface area contributed by atoms with Gasteiger partial charge in [-0.2, -0.15) is 4.52 Å². The summed E-state index contributed by atoms with van der Waals surface area (Å²) in [5.74, 6) is 1.19. The van der Waals surface area contributed by atoms with Crippen LogP contribution in [0, 0.1) is 6.92 Å². The molecule has 0 fully saturated rings. The number of aromatic nitrogens is 4. The highest BCUT2D eigenvalue weighted by atomic mass is 16.5. The van der Waals surface area contributed by atoms with Crippen LogP contribution >= 0.6 is 0 Å². The first-order chi connectivity index (χ1) is 12.5. The summed E-state index contributed by atoms with van der Waals surface area (Å²) in [5, 5.41) is 5.49. The molecule has 136 valence electrons. The molecule has 0 radical (unpaired) electrons. The summed E-state index contributed by atoms with van der Waals surface area (Å²) in [6, 6.07) is 5.13. The molecule has 0 aliphatic heterocycles. The summed E-state index contributed by atoms with van der Waals surface area (Å²) in [6.07, 6.45) is 1.78. The average Bonchev–Trinajstić information content (AvgIpc) is 3.10. The zero-order valence-corrected chi connectivity index (χ0v) is 14.7. The predicted octanol–water partition coefficient (Wildman–Crippen LogP) is 1.31. The van der Waals surface area contributed by atoms with Crippen LogP contribution in [0.15, 0.2) is 29.3 Å². The summed E-state index contributed by atoms with van der Waals surface area (Å²) in [7, 11) is 3.06. The van der Waals surface area contributed by atoms with E-state index >= 15 is 0 Å². The van der Waals surface area contributed by atoms with Crippen LogP contribution in [-0.2, 0) is 11.2 Å². The number of hydrogen-bond acceptors (Lipinski definition) is 6. The Balaban J connectivity index is 1.75. The van der Waals surface area contributed by atoms with Crippen LogP contribution in [0.2, 0.25) is 0 Å². The number of fused-ring (bicyclic) bond motifs is 1. The van der Waals surface area contributed by atoms with E-state index in [0.29, 0.717) is 34.2 Å². The minimum atomic E-state index is -0.253. The number of aryl methyl sites for hydroxylation is 1. The number of ether oxygens (including phenoxy) is 2. The fraction of sp³-hybridized carbons (Fsp3) is 0.294. The van der Waals surface area contributed by atoms with E-state index < -0.39 is 0 Å². The number of methoxy groups -OCH3 is 2. The summed E-state index contributed by atoms with van der Waals surface area (Å²) in [5.41, 5.74) is 1.29. The van der Waals surface area contributed by atoms with Crippen molar-refractivity contribution < 1.29 is 14.3 Å². The molecule has 0 bridgehead atoms. The SMILES string of the molecule is COc1ccc(OC)c(NC(=O)CCc2c(C)nc3nc[nH]n3c2=O)c1. The van der Waals surface area contributed by atoms with Crippen LogP contribution in [0.25, 0.3) is 5.78 Å². The zero-order chi connectivity index (χ0) is 18.7. The number of hydrogen-bond donors (Lipinski definition) is 2. The number of anilines is 1. The Hall–Kier alpha value is -3.36. The molecule has 0 saturated carbocycles. The van der Waals surface area contributed by atoms with E-state index in [1.165, 1.54) is 18.0 Å². The van der Waals surface area contributed by atoms with Gasteiger partial charge in [0.15, 0.2) is 0 Å². The molecule has 9 heteroatoms. The normalized spacial score (nSPS) is 10.7. The molecule has 0 unspecified atom stereocenters. The van der Waals surface area contributed by atoms with E-state index in [9.17, 15) is 9.59 Å². The van der Waals surface area contributed by atoms with Crippen LogP contribution in [-0.4, -0.2) is 39.7 Å². The topological polar surface area (TPSA) is 111 Å². The van der Waals surface area contributed by atoms with Gasteiger partial charge >= 0.3 is 0 Å². The number of rotatable bonds is 6.